The van der Waals surface area contributed by atoms with Gasteiger partial charge in [0.05, 0.1) is 5.88 Å². The zero-order valence-corrected chi connectivity index (χ0v) is 5.56. The number of hydrogen-bond donors (Lipinski definition) is 0. The van der Waals surface area contributed by atoms with E-state index in [0.717, 1.165) is 0 Å². The van der Waals surface area contributed by atoms with Gasteiger partial charge in [-0.15, -0.1) is 11.6 Å². The number of alkyl halides is 1. The van der Waals surface area contributed by atoms with Crippen LogP contribution in [-0.4, -0.2) is 0 Å². The number of halogens is 1. The fraction of sp³-hybridized carbons (Fsp3) is 0.143. The van der Waals surface area contributed by atoms with Crippen molar-refractivity contribution >= 4 is 11.6 Å². The normalized spacial score (nSPS) is 9.44. The van der Waals surface area contributed by atoms with Crippen molar-refractivity contribution in [3.05, 3.63) is 29.8 Å². The van der Waals surface area contributed by atoms with E-state index in [-0.39, 0.29) is 5.75 Å². The molecule has 0 heterocycles. The minimum absolute atomic E-state index is 0.0208. The van der Waals surface area contributed by atoms with Crippen molar-refractivity contribution in [2.24, 2.45) is 0 Å². The first-order valence-electron chi connectivity index (χ1n) is 2.65. The molecule has 1 aromatic rings. The summed E-state index contributed by atoms with van der Waals surface area (Å²) in [6, 6.07) is 6.75. The number of para-hydroxylation sites is 1. The molecule has 0 aromatic heterocycles. The van der Waals surface area contributed by atoms with Crippen molar-refractivity contribution in [3.8, 4) is 5.75 Å². The Morgan fingerprint density at radius 3 is 2.44 bits per heavy atom. The molecule has 0 N–H and O–H groups in total. The first-order valence-corrected chi connectivity index (χ1v) is 3.19. The van der Waals surface area contributed by atoms with Gasteiger partial charge in [0.25, 0.3) is 0 Å². The van der Waals surface area contributed by atoms with Crippen LogP contribution < -0.4 is 0 Å². The molecule has 0 fully saturated rings. The minimum Gasteiger partial charge on any atom is -0.290 e. The number of hydrogen-bond acceptors (Lipinski definition) is 0. The van der Waals surface area contributed by atoms with Gasteiger partial charge in [0, 0.05) is 5.56 Å². The lowest BCUT2D eigenvalue weighted by Gasteiger charge is -1.92. The second-order valence-electron chi connectivity index (χ2n) is 1.74. The van der Waals surface area contributed by atoms with E-state index in [1.807, 2.05) is 0 Å². The van der Waals surface area contributed by atoms with E-state index in [0.29, 0.717) is 11.4 Å². The highest BCUT2D eigenvalue weighted by molar-refractivity contribution is 6.17. The molecular formula is C7H6ClO. The Morgan fingerprint density at radius 2 is 2.00 bits per heavy atom. The zero-order valence-electron chi connectivity index (χ0n) is 4.80. The maximum absolute atomic E-state index is 10.8. The Morgan fingerprint density at radius 1 is 1.33 bits per heavy atom. The summed E-state index contributed by atoms with van der Waals surface area (Å²) < 4.78 is 0. The molecule has 47 valence electrons. The molecule has 0 saturated heterocycles. The maximum Gasteiger partial charge on any atom is 0.183 e. The van der Waals surface area contributed by atoms with Gasteiger partial charge in [-0.2, -0.15) is 0 Å². The molecule has 9 heavy (non-hydrogen) atoms. The van der Waals surface area contributed by atoms with E-state index >= 15 is 0 Å². The molecule has 2 heteroatoms. The summed E-state index contributed by atoms with van der Waals surface area (Å²) in [5.74, 6) is 0.326. The molecule has 0 aliphatic rings. The second-order valence-corrected chi connectivity index (χ2v) is 2.01. The van der Waals surface area contributed by atoms with Gasteiger partial charge < -0.3 is 0 Å². The average Bonchev–Trinajstić information content (AvgIpc) is 1.89. The standard InChI is InChI=1S/C7H6ClO/c8-5-6-3-1-2-4-7(6)9/h1-4H,5H2. The van der Waals surface area contributed by atoms with Gasteiger partial charge in [-0.1, -0.05) is 18.2 Å². The lowest BCUT2D eigenvalue weighted by molar-refractivity contribution is 0.351. The van der Waals surface area contributed by atoms with Crippen molar-refractivity contribution in [1.82, 2.24) is 0 Å². The van der Waals surface area contributed by atoms with Crippen molar-refractivity contribution in [3.63, 3.8) is 0 Å². The molecule has 0 aliphatic heterocycles. The first-order chi connectivity index (χ1) is 4.34. The average molecular weight is 142 g/mol. The van der Waals surface area contributed by atoms with Crippen molar-refractivity contribution in [1.29, 1.82) is 0 Å². The van der Waals surface area contributed by atoms with Crippen LogP contribution in [-0.2, 0) is 11.0 Å². The predicted octanol–water partition coefficient (Wildman–Crippen LogP) is 2.57. The van der Waals surface area contributed by atoms with Crippen LogP contribution in [0.3, 0.4) is 0 Å². The summed E-state index contributed by atoms with van der Waals surface area (Å²) >= 11 is 5.43. The van der Waals surface area contributed by atoms with Gasteiger partial charge in [-0.3, -0.25) is 5.11 Å². The molecule has 0 saturated carbocycles. The number of benzene rings is 1. The van der Waals surface area contributed by atoms with E-state index in [1.54, 1.807) is 18.2 Å². The predicted molar refractivity (Wildman–Crippen MR) is 36.1 cm³/mol. The summed E-state index contributed by atoms with van der Waals surface area (Å²) in [5.41, 5.74) is 0.666. The summed E-state index contributed by atoms with van der Waals surface area (Å²) in [6.45, 7) is 0. The van der Waals surface area contributed by atoms with E-state index in [9.17, 15) is 5.11 Å². The van der Waals surface area contributed by atoms with Crippen molar-refractivity contribution in [2.75, 3.05) is 0 Å². The molecule has 0 spiro atoms. The van der Waals surface area contributed by atoms with Gasteiger partial charge in [0.15, 0.2) is 5.75 Å². The van der Waals surface area contributed by atoms with Crippen LogP contribution in [0.4, 0.5) is 0 Å². The molecule has 1 radical (unpaired) electrons. The fourth-order valence-corrected chi connectivity index (χ4v) is 0.835. The smallest absolute Gasteiger partial charge is 0.183 e. The maximum atomic E-state index is 10.8. The van der Waals surface area contributed by atoms with Gasteiger partial charge in [-0.05, 0) is 6.07 Å². The van der Waals surface area contributed by atoms with Crippen LogP contribution in [0.2, 0.25) is 0 Å². The Labute approximate surface area is 58.9 Å². The first kappa shape index (κ1) is 6.43. The van der Waals surface area contributed by atoms with Gasteiger partial charge >= 0.3 is 0 Å². The van der Waals surface area contributed by atoms with E-state index < -0.39 is 0 Å². The van der Waals surface area contributed by atoms with Crippen LogP contribution in [0.25, 0.3) is 0 Å². The van der Waals surface area contributed by atoms with Crippen molar-refractivity contribution < 1.29 is 5.11 Å². The van der Waals surface area contributed by atoms with Gasteiger partial charge in [0.2, 0.25) is 0 Å². The molecule has 0 atom stereocenters. The summed E-state index contributed by atoms with van der Waals surface area (Å²) in [6.07, 6.45) is 0. The third-order valence-electron chi connectivity index (χ3n) is 1.12. The summed E-state index contributed by atoms with van der Waals surface area (Å²) in [4.78, 5) is 0. The second kappa shape index (κ2) is 2.74. The zero-order chi connectivity index (χ0) is 6.69. The molecular weight excluding hydrogens is 136 g/mol. The SMILES string of the molecule is [O]c1ccccc1CCl. The van der Waals surface area contributed by atoms with Crippen LogP contribution in [0, 0.1) is 0 Å². The van der Waals surface area contributed by atoms with Gasteiger partial charge in [0.1, 0.15) is 0 Å². The highest BCUT2D eigenvalue weighted by atomic mass is 35.5. The van der Waals surface area contributed by atoms with Crippen molar-refractivity contribution in [2.45, 2.75) is 5.88 Å². The largest absolute Gasteiger partial charge is 0.290 e. The molecule has 1 rings (SSSR count). The van der Waals surface area contributed by atoms with Crippen LogP contribution in [0.15, 0.2) is 24.3 Å². The van der Waals surface area contributed by atoms with E-state index in [4.69, 9.17) is 11.6 Å². The Bertz CT molecular complexity index is 198. The summed E-state index contributed by atoms with van der Waals surface area (Å²) in [5, 5.41) is 10.8. The van der Waals surface area contributed by atoms with Crippen LogP contribution >= 0.6 is 11.6 Å². The Hall–Kier alpha value is -0.690. The third kappa shape index (κ3) is 1.36. The molecule has 1 nitrogen and oxygen atoms in total. The Balaban J connectivity index is 3.01. The summed E-state index contributed by atoms with van der Waals surface area (Å²) in [7, 11) is 0. The van der Waals surface area contributed by atoms with E-state index in [1.165, 1.54) is 6.07 Å². The molecule has 0 bridgehead atoms. The number of rotatable bonds is 1. The highest BCUT2D eigenvalue weighted by Gasteiger charge is 1.96. The lowest BCUT2D eigenvalue weighted by Crippen LogP contribution is -1.74. The third-order valence-corrected chi connectivity index (χ3v) is 1.40. The van der Waals surface area contributed by atoms with Crippen LogP contribution in [0.5, 0.6) is 5.75 Å². The topological polar surface area (TPSA) is 19.9 Å². The Kier molecular flexibility index (Phi) is 1.96. The molecule has 0 unspecified atom stereocenters. The molecule has 0 amide bonds. The quantitative estimate of drug-likeness (QED) is 0.536. The van der Waals surface area contributed by atoms with Crippen LogP contribution in [0.1, 0.15) is 5.56 Å². The lowest BCUT2D eigenvalue weighted by atomic mass is 10.2. The monoisotopic (exact) mass is 141 g/mol. The molecule has 0 aliphatic carbocycles. The molecule has 1 aromatic carbocycles. The highest BCUT2D eigenvalue weighted by Crippen LogP contribution is 2.17. The minimum atomic E-state index is 0.0208. The van der Waals surface area contributed by atoms with Gasteiger partial charge in [-0.25, -0.2) is 0 Å². The fourth-order valence-electron chi connectivity index (χ4n) is 0.614. The van der Waals surface area contributed by atoms with E-state index in [2.05, 4.69) is 0 Å².